The molecule has 2 heterocycles. The van der Waals surface area contributed by atoms with Crippen molar-refractivity contribution in [3.05, 3.63) is 30.1 Å². The number of H-pyrrole nitrogens is 1. The molecule has 2 aromatic heterocycles. The van der Waals surface area contributed by atoms with Gasteiger partial charge >= 0.3 is 0 Å². The molecule has 0 aliphatic rings. The summed E-state index contributed by atoms with van der Waals surface area (Å²) < 4.78 is 0. The maximum absolute atomic E-state index is 10.1. The Balaban J connectivity index is 2.47. The smallest absolute Gasteiger partial charge is 0.142 e. The second-order valence-electron chi connectivity index (χ2n) is 2.57. The molecule has 0 saturated carbocycles. The fourth-order valence-electron chi connectivity index (χ4n) is 1.09. The first kappa shape index (κ1) is 7.67. The number of carbonyl (C=O) groups is 1. The topological polar surface area (TPSA) is 58.6 Å². The number of pyridine rings is 1. The van der Waals surface area contributed by atoms with Gasteiger partial charge in [0.05, 0.1) is 11.7 Å². The number of aromatic nitrogens is 3. The maximum atomic E-state index is 10.1. The normalized spacial score (nSPS) is 11.1. The molecule has 0 saturated heterocycles. The SMILES string of the molecule is O=CC=Cc1cnc2cn[nH]c2c1. The fourth-order valence-corrected chi connectivity index (χ4v) is 1.09. The maximum Gasteiger partial charge on any atom is 0.142 e. The molecule has 0 fully saturated rings. The molecule has 0 amide bonds. The highest BCUT2D eigenvalue weighted by Crippen LogP contribution is 2.09. The number of aldehydes is 1. The largest absolute Gasteiger partial charge is 0.299 e. The molecule has 1 N–H and O–H groups in total. The van der Waals surface area contributed by atoms with E-state index in [2.05, 4.69) is 15.2 Å². The van der Waals surface area contributed by atoms with Gasteiger partial charge < -0.3 is 0 Å². The summed E-state index contributed by atoms with van der Waals surface area (Å²) in [5, 5.41) is 6.64. The van der Waals surface area contributed by atoms with Crippen molar-refractivity contribution in [1.82, 2.24) is 15.2 Å². The number of aromatic amines is 1. The zero-order valence-corrected chi connectivity index (χ0v) is 6.77. The second kappa shape index (κ2) is 3.18. The van der Waals surface area contributed by atoms with Crippen molar-refractivity contribution < 1.29 is 4.79 Å². The molecule has 0 radical (unpaired) electrons. The quantitative estimate of drug-likeness (QED) is 0.547. The summed E-state index contributed by atoms with van der Waals surface area (Å²) in [6.07, 6.45) is 7.21. The number of hydrogen-bond donors (Lipinski definition) is 1. The van der Waals surface area contributed by atoms with Gasteiger partial charge in [0.25, 0.3) is 0 Å². The summed E-state index contributed by atoms with van der Waals surface area (Å²) in [5.41, 5.74) is 2.57. The Hall–Kier alpha value is -1.97. The molecule has 2 rings (SSSR count). The van der Waals surface area contributed by atoms with Crippen LogP contribution in [0.25, 0.3) is 17.1 Å². The van der Waals surface area contributed by atoms with E-state index in [1.165, 1.54) is 6.08 Å². The number of nitrogens with zero attached hydrogens (tertiary/aromatic N) is 2. The zero-order chi connectivity index (χ0) is 9.10. The highest BCUT2D eigenvalue weighted by Gasteiger charge is 1.95. The second-order valence-corrected chi connectivity index (χ2v) is 2.57. The van der Waals surface area contributed by atoms with Gasteiger partial charge in [0.2, 0.25) is 0 Å². The monoisotopic (exact) mass is 173 g/mol. The summed E-state index contributed by atoms with van der Waals surface area (Å²) in [4.78, 5) is 14.2. The third-order valence-corrected chi connectivity index (χ3v) is 1.68. The van der Waals surface area contributed by atoms with Crippen LogP contribution in [-0.2, 0) is 4.79 Å². The highest BCUT2D eigenvalue weighted by atomic mass is 16.1. The average Bonchev–Trinajstić information content (AvgIpc) is 2.61. The molecule has 4 nitrogen and oxygen atoms in total. The molecule has 0 unspecified atom stereocenters. The van der Waals surface area contributed by atoms with E-state index in [9.17, 15) is 4.79 Å². The lowest BCUT2D eigenvalue weighted by Gasteiger charge is -1.90. The molecule has 13 heavy (non-hydrogen) atoms. The van der Waals surface area contributed by atoms with E-state index in [4.69, 9.17) is 0 Å². The lowest BCUT2D eigenvalue weighted by molar-refractivity contribution is -0.104. The van der Waals surface area contributed by atoms with Gasteiger partial charge in [-0.05, 0) is 17.7 Å². The van der Waals surface area contributed by atoms with Crippen molar-refractivity contribution in [1.29, 1.82) is 0 Å². The molecule has 4 heteroatoms. The van der Waals surface area contributed by atoms with Gasteiger partial charge in [-0.2, -0.15) is 5.10 Å². The van der Waals surface area contributed by atoms with Crippen molar-refractivity contribution in [2.24, 2.45) is 0 Å². The molecule has 0 aromatic carbocycles. The van der Waals surface area contributed by atoms with Gasteiger partial charge in [0, 0.05) is 6.20 Å². The van der Waals surface area contributed by atoms with E-state index in [1.807, 2.05) is 6.07 Å². The average molecular weight is 173 g/mol. The summed E-state index contributed by atoms with van der Waals surface area (Å²) in [6.45, 7) is 0. The van der Waals surface area contributed by atoms with Crippen LogP contribution < -0.4 is 0 Å². The van der Waals surface area contributed by atoms with Crippen LogP contribution in [0.15, 0.2) is 24.5 Å². The van der Waals surface area contributed by atoms with Gasteiger partial charge in [-0.25, -0.2) is 0 Å². The Bertz CT molecular complexity index is 459. The van der Waals surface area contributed by atoms with Crippen molar-refractivity contribution in [2.75, 3.05) is 0 Å². The molecular formula is C9H7N3O. The third kappa shape index (κ3) is 1.46. The Labute approximate surface area is 74.3 Å². The number of nitrogens with one attached hydrogen (secondary N) is 1. The number of fused-ring (bicyclic) bond motifs is 1. The van der Waals surface area contributed by atoms with Crippen LogP contribution in [0.1, 0.15) is 5.56 Å². The molecule has 2 aromatic rings. The van der Waals surface area contributed by atoms with E-state index in [0.29, 0.717) is 0 Å². The van der Waals surface area contributed by atoms with Crippen LogP contribution in [0.3, 0.4) is 0 Å². The summed E-state index contributed by atoms with van der Waals surface area (Å²) in [5.74, 6) is 0. The minimum atomic E-state index is 0.733. The summed E-state index contributed by atoms with van der Waals surface area (Å²) in [6, 6.07) is 1.88. The van der Waals surface area contributed by atoms with Crippen LogP contribution in [-0.4, -0.2) is 21.5 Å². The standard InChI is InChI=1S/C9H7N3O/c13-3-1-2-7-4-8-9(10-5-7)6-11-12-8/h1-6H,(H,11,12). The van der Waals surface area contributed by atoms with E-state index in [0.717, 1.165) is 22.9 Å². The van der Waals surface area contributed by atoms with Crippen molar-refractivity contribution in [2.45, 2.75) is 0 Å². The van der Waals surface area contributed by atoms with Gasteiger partial charge in [-0.15, -0.1) is 0 Å². The Kier molecular flexibility index (Phi) is 1.88. The first-order chi connectivity index (χ1) is 6.40. The highest BCUT2D eigenvalue weighted by molar-refractivity contribution is 5.79. The molecule has 0 bridgehead atoms. The molecule has 0 aliphatic heterocycles. The molecule has 0 atom stereocenters. The van der Waals surface area contributed by atoms with Crippen molar-refractivity contribution in [3.8, 4) is 0 Å². The number of hydrogen-bond acceptors (Lipinski definition) is 3. The first-order valence-electron chi connectivity index (χ1n) is 3.81. The van der Waals surface area contributed by atoms with Gasteiger partial charge in [0.15, 0.2) is 0 Å². The third-order valence-electron chi connectivity index (χ3n) is 1.68. The number of rotatable bonds is 2. The molecule has 0 aliphatic carbocycles. The zero-order valence-electron chi connectivity index (χ0n) is 6.77. The molecule has 64 valence electrons. The molecule has 0 spiro atoms. The molecular weight excluding hydrogens is 166 g/mol. The lowest BCUT2D eigenvalue weighted by atomic mass is 10.2. The predicted octanol–water partition coefficient (Wildman–Crippen LogP) is 1.17. The van der Waals surface area contributed by atoms with Gasteiger partial charge in [-0.3, -0.25) is 14.9 Å². The van der Waals surface area contributed by atoms with E-state index < -0.39 is 0 Å². The van der Waals surface area contributed by atoms with Crippen LogP contribution >= 0.6 is 0 Å². The van der Waals surface area contributed by atoms with Gasteiger partial charge in [-0.1, -0.05) is 6.08 Å². The van der Waals surface area contributed by atoms with Crippen LogP contribution in [0.2, 0.25) is 0 Å². The van der Waals surface area contributed by atoms with E-state index in [1.54, 1.807) is 18.5 Å². The van der Waals surface area contributed by atoms with Crippen molar-refractivity contribution in [3.63, 3.8) is 0 Å². The Morgan fingerprint density at radius 1 is 1.38 bits per heavy atom. The summed E-state index contributed by atoms with van der Waals surface area (Å²) in [7, 11) is 0. The minimum Gasteiger partial charge on any atom is -0.299 e. The summed E-state index contributed by atoms with van der Waals surface area (Å²) >= 11 is 0. The van der Waals surface area contributed by atoms with Crippen LogP contribution in [0.4, 0.5) is 0 Å². The van der Waals surface area contributed by atoms with Crippen LogP contribution in [0, 0.1) is 0 Å². The first-order valence-corrected chi connectivity index (χ1v) is 3.81. The Morgan fingerprint density at radius 3 is 3.15 bits per heavy atom. The Morgan fingerprint density at radius 2 is 2.31 bits per heavy atom. The number of allylic oxidation sites excluding steroid dienone is 1. The van der Waals surface area contributed by atoms with Crippen molar-refractivity contribution >= 4 is 23.4 Å². The predicted molar refractivity (Wildman–Crippen MR) is 49.0 cm³/mol. The van der Waals surface area contributed by atoms with E-state index >= 15 is 0 Å². The lowest BCUT2D eigenvalue weighted by Crippen LogP contribution is -1.78. The fraction of sp³-hybridized carbons (Fsp3) is 0. The number of carbonyl (C=O) groups excluding carboxylic acids is 1. The van der Waals surface area contributed by atoms with Gasteiger partial charge in [0.1, 0.15) is 11.8 Å². The van der Waals surface area contributed by atoms with E-state index in [-0.39, 0.29) is 0 Å². The minimum absolute atomic E-state index is 0.733. The van der Waals surface area contributed by atoms with Crippen LogP contribution in [0.5, 0.6) is 0 Å².